The molecule has 310 valence electrons. The fourth-order valence-electron chi connectivity index (χ4n) is 8.62. The number of rotatable bonds is 11. The smallest absolute Gasteiger partial charge is 0.0711 e. The van der Waals surface area contributed by atoms with E-state index < -0.39 is 0 Å². The molecule has 0 aliphatic heterocycles. The Morgan fingerprint density at radius 3 is 1.48 bits per heavy atom. The van der Waals surface area contributed by atoms with Crippen molar-refractivity contribution in [3.8, 4) is 0 Å². The molecule has 0 radical (unpaired) electrons. The van der Waals surface area contributed by atoms with Gasteiger partial charge in [-0.2, -0.15) is 0 Å². The van der Waals surface area contributed by atoms with E-state index in [0.717, 1.165) is 56.3 Å². The summed E-state index contributed by atoms with van der Waals surface area (Å²) in [4.78, 5) is 7.47. The van der Waals surface area contributed by atoms with Crippen LogP contribution in [0.4, 0.5) is 17.1 Å². The third-order valence-corrected chi connectivity index (χ3v) is 12.0. The Kier molecular flexibility index (Phi) is 12.1. The summed E-state index contributed by atoms with van der Waals surface area (Å²) in [5.41, 5.74) is 20.6. The van der Waals surface area contributed by atoms with Gasteiger partial charge in [-0.05, 0) is 133 Å². The molecule has 1 aromatic heterocycles. The third-order valence-electron chi connectivity index (χ3n) is 12.0. The van der Waals surface area contributed by atoms with Gasteiger partial charge in [0.05, 0.1) is 11.4 Å². The lowest BCUT2D eigenvalue weighted by Gasteiger charge is -2.29. The molecule has 9 aromatic rings. The maximum absolute atomic E-state index is 5.04. The Hall–Kier alpha value is -7.81. The van der Waals surface area contributed by atoms with Crippen LogP contribution >= 0.6 is 0 Å². The normalized spacial score (nSPS) is 11.3. The predicted octanol–water partition coefficient (Wildman–Crippen LogP) is 16.4. The summed E-state index contributed by atoms with van der Waals surface area (Å²) in [5.74, 6) is 0. The second-order valence-corrected chi connectivity index (χ2v) is 16.7. The van der Waals surface area contributed by atoms with Gasteiger partial charge in [0.1, 0.15) is 0 Å². The summed E-state index contributed by atoms with van der Waals surface area (Å²) in [6.45, 7) is 10.7. The van der Waals surface area contributed by atoms with Gasteiger partial charge in [-0.1, -0.05) is 199 Å². The van der Waals surface area contributed by atoms with Gasteiger partial charge < -0.3 is 4.90 Å². The summed E-state index contributed by atoms with van der Waals surface area (Å²) in [6, 6.07) is 74.4. The van der Waals surface area contributed by atoms with Gasteiger partial charge in [0, 0.05) is 28.0 Å². The van der Waals surface area contributed by atoms with Crippen molar-refractivity contribution < 1.29 is 0 Å². The Balaban J connectivity index is 1.19. The Morgan fingerprint density at radius 2 is 0.891 bits per heavy atom. The van der Waals surface area contributed by atoms with Crippen LogP contribution in [0.15, 0.2) is 218 Å². The molecule has 0 aliphatic rings. The third kappa shape index (κ3) is 9.05. The lowest BCUT2D eigenvalue weighted by Crippen LogP contribution is -2.12. The number of allylic oxidation sites excluding steroid dienone is 2. The number of nitrogens with zero attached hydrogens (tertiary/aromatic N) is 2. The summed E-state index contributed by atoms with van der Waals surface area (Å²) in [6.07, 6.45) is 6.83. The number of pyridine rings is 1. The number of hydrogen-bond acceptors (Lipinski definition) is 2. The zero-order valence-electron chi connectivity index (χ0n) is 37.3. The number of fused-ring (bicyclic) bond motifs is 1. The number of aromatic nitrogens is 1. The highest BCUT2D eigenvalue weighted by molar-refractivity contribution is 6.06. The number of aryl methyl sites for hydroxylation is 5. The van der Waals surface area contributed by atoms with E-state index in [1.54, 1.807) is 0 Å². The van der Waals surface area contributed by atoms with Gasteiger partial charge in [0.2, 0.25) is 0 Å². The lowest BCUT2D eigenvalue weighted by atomic mass is 9.92. The van der Waals surface area contributed by atoms with Crippen LogP contribution in [0.25, 0.3) is 33.6 Å². The summed E-state index contributed by atoms with van der Waals surface area (Å²) >= 11 is 0. The highest BCUT2D eigenvalue weighted by Crippen LogP contribution is 2.43. The maximum Gasteiger partial charge on any atom is 0.0711 e. The molecule has 0 N–H and O–H groups in total. The average molecular weight is 825 g/mol. The van der Waals surface area contributed by atoms with E-state index in [0.29, 0.717) is 0 Å². The van der Waals surface area contributed by atoms with Crippen LogP contribution in [-0.2, 0) is 0 Å². The first-order chi connectivity index (χ1) is 31.3. The highest BCUT2D eigenvalue weighted by atomic mass is 15.1. The molecule has 0 fully saturated rings. The molecule has 0 aliphatic carbocycles. The largest absolute Gasteiger partial charge is 0.310 e. The molecule has 2 nitrogen and oxygen atoms in total. The highest BCUT2D eigenvalue weighted by Gasteiger charge is 2.20. The summed E-state index contributed by atoms with van der Waals surface area (Å²) < 4.78 is 0. The topological polar surface area (TPSA) is 16.1 Å². The minimum Gasteiger partial charge on any atom is -0.310 e. The molecule has 8 aromatic carbocycles. The number of benzene rings is 8. The second-order valence-electron chi connectivity index (χ2n) is 16.7. The van der Waals surface area contributed by atoms with Crippen molar-refractivity contribution in [3.63, 3.8) is 0 Å². The Labute approximate surface area is 378 Å². The van der Waals surface area contributed by atoms with Gasteiger partial charge in [-0.15, -0.1) is 0 Å². The number of anilines is 3. The minimum atomic E-state index is 0.931. The van der Waals surface area contributed by atoms with Crippen LogP contribution in [0.5, 0.6) is 0 Å². The molecule has 2 heteroatoms. The van der Waals surface area contributed by atoms with Crippen molar-refractivity contribution in [2.24, 2.45) is 0 Å². The molecule has 1 heterocycles. The first kappa shape index (κ1) is 41.5. The van der Waals surface area contributed by atoms with E-state index in [-0.39, 0.29) is 0 Å². The van der Waals surface area contributed by atoms with Gasteiger partial charge in [0.15, 0.2) is 0 Å². The van der Waals surface area contributed by atoms with Crippen LogP contribution in [0.2, 0.25) is 0 Å². The van der Waals surface area contributed by atoms with Crippen molar-refractivity contribution in [2.45, 2.75) is 34.6 Å². The fourth-order valence-corrected chi connectivity index (χ4v) is 8.62. The summed E-state index contributed by atoms with van der Waals surface area (Å²) in [5, 5.41) is 2.37. The van der Waals surface area contributed by atoms with E-state index in [1.165, 1.54) is 55.3 Å². The zero-order chi connectivity index (χ0) is 44.0. The van der Waals surface area contributed by atoms with E-state index in [9.17, 15) is 0 Å². The van der Waals surface area contributed by atoms with Crippen LogP contribution in [0.3, 0.4) is 0 Å². The molecular weight excluding hydrogens is 773 g/mol. The van der Waals surface area contributed by atoms with Crippen molar-refractivity contribution in [1.29, 1.82) is 0 Å². The quantitative estimate of drug-likeness (QED) is 0.0954. The molecule has 64 heavy (non-hydrogen) atoms. The minimum absolute atomic E-state index is 0.931. The van der Waals surface area contributed by atoms with Gasteiger partial charge in [0.25, 0.3) is 0 Å². The molecule has 0 saturated carbocycles. The first-order valence-electron chi connectivity index (χ1n) is 22.1. The Morgan fingerprint density at radius 1 is 0.391 bits per heavy atom. The van der Waals surface area contributed by atoms with Crippen LogP contribution < -0.4 is 4.90 Å². The average Bonchev–Trinajstić information content (AvgIpc) is 3.32. The van der Waals surface area contributed by atoms with Crippen molar-refractivity contribution in [2.75, 3.05) is 4.90 Å². The maximum atomic E-state index is 5.04. The van der Waals surface area contributed by atoms with E-state index in [2.05, 4.69) is 264 Å². The molecule has 0 unspecified atom stereocenters. The molecule has 0 bridgehead atoms. The molecule has 0 atom stereocenters. The Bertz CT molecular complexity index is 3060. The van der Waals surface area contributed by atoms with E-state index in [4.69, 9.17) is 4.98 Å². The number of hydrogen-bond donors (Lipinski definition) is 0. The lowest BCUT2D eigenvalue weighted by molar-refractivity contribution is 1.17. The monoisotopic (exact) mass is 824 g/mol. The molecular formula is C62H52N2. The van der Waals surface area contributed by atoms with Crippen molar-refractivity contribution in [3.05, 3.63) is 285 Å². The van der Waals surface area contributed by atoms with Crippen molar-refractivity contribution in [1.82, 2.24) is 4.98 Å². The molecule has 0 amide bonds. The van der Waals surface area contributed by atoms with Crippen molar-refractivity contribution >= 4 is 50.6 Å². The summed E-state index contributed by atoms with van der Waals surface area (Å²) in [7, 11) is 0. The predicted molar refractivity (Wildman–Crippen MR) is 273 cm³/mol. The molecule has 9 rings (SSSR count). The van der Waals surface area contributed by atoms with Gasteiger partial charge in [-0.3, -0.25) is 4.98 Å². The van der Waals surface area contributed by atoms with Gasteiger partial charge in [-0.25, -0.2) is 0 Å². The molecule has 0 spiro atoms. The SMILES string of the molecule is Cc1ccc(C(=Cc2ccc(N(c3ccc(/C(=C/C=C(c4ccccc4)c4ccccc4)c4cccc(C)n4)cc3)c3ccc(C)cc3C)c3ccccc23)c2ccc(C)cc2)cc1. The van der Waals surface area contributed by atoms with Crippen LogP contribution in [-0.4, -0.2) is 4.98 Å². The second kappa shape index (κ2) is 18.7. The van der Waals surface area contributed by atoms with Crippen LogP contribution in [0, 0.1) is 34.6 Å². The zero-order valence-corrected chi connectivity index (χ0v) is 37.3. The van der Waals surface area contributed by atoms with Gasteiger partial charge >= 0.3 is 0 Å². The van der Waals surface area contributed by atoms with E-state index in [1.807, 2.05) is 0 Å². The fraction of sp³-hybridized carbons (Fsp3) is 0.0806. The van der Waals surface area contributed by atoms with Crippen LogP contribution in [0.1, 0.15) is 67.0 Å². The standard InChI is InChI=1S/C62H52N2/c1-43-23-28-51(29-24-43)59(52-30-25-44(2)26-31-52)42-53-34-40-62(58-21-13-12-20-56(53)58)64(61-39-27-45(3)41-46(61)4)54-35-32-50(33-36-54)57(60-22-14-15-47(5)63-60)38-37-55(48-16-8-6-9-17-48)49-18-10-7-11-19-49/h6-42H,1-5H3/b57-38-. The van der Waals surface area contributed by atoms with E-state index >= 15 is 0 Å². The first-order valence-corrected chi connectivity index (χ1v) is 22.1. The molecule has 0 saturated heterocycles.